The van der Waals surface area contributed by atoms with Gasteiger partial charge < -0.3 is 14.2 Å². The van der Waals surface area contributed by atoms with Crippen LogP contribution >= 0.6 is 11.3 Å². The van der Waals surface area contributed by atoms with Gasteiger partial charge in [0.2, 0.25) is 5.69 Å². The third-order valence-electron chi connectivity index (χ3n) is 4.52. The number of ether oxygens (including phenoxy) is 1. The average molecular weight is 394 g/mol. The quantitative estimate of drug-likeness (QED) is 0.675. The number of rotatable bonds is 4. The van der Waals surface area contributed by atoms with Gasteiger partial charge in [0.05, 0.1) is 12.2 Å². The number of likely N-dealkylation sites (tertiary alicyclic amines) is 1. The smallest absolute Gasteiger partial charge is 0.266 e. The Morgan fingerprint density at radius 2 is 2.11 bits per heavy atom. The second kappa shape index (κ2) is 7.78. The summed E-state index contributed by atoms with van der Waals surface area (Å²) >= 11 is 1.38. The number of aryl methyl sites for hydroxylation is 1. The van der Waals surface area contributed by atoms with E-state index in [2.05, 4.69) is 15.0 Å². The van der Waals surface area contributed by atoms with Crippen molar-refractivity contribution in [3.05, 3.63) is 53.2 Å². The van der Waals surface area contributed by atoms with E-state index in [1.165, 1.54) is 23.7 Å². The van der Waals surface area contributed by atoms with Crippen LogP contribution in [0.4, 0.5) is 0 Å². The second-order valence-electron chi connectivity index (χ2n) is 6.46. The van der Waals surface area contributed by atoms with Gasteiger partial charge in [0.25, 0.3) is 11.8 Å². The van der Waals surface area contributed by atoms with Gasteiger partial charge in [-0.05, 0) is 31.9 Å². The van der Waals surface area contributed by atoms with Crippen molar-refractivity contribution >= 4 is 17.2 Å². The Morgan fingerprint density at radius 3 is 2.89 bits per heavy atom. The van der Waals surface area contributed by atoms with Crippen molar-refractivity contribution in [2.24, 2.45) is 0 Å². The molecule has 0 aromatic carbocycles. The van der Waals surface area contributed by atoms with Crippen LogP contribution in [0.5, 0.6) is 5.88 Å². The van der Waals surface area contributed by atoms with Gasteiger partial charge in [-0.3, -0.25) is 4.79 Å². The SMILES string of the molecule is Cc1nc(-n2cccc2)sc1C(=O)N1CCCC(Oc2nccnc2C#N)C1. The van der Waals surface area contributed by atoms with Gasteiger partial charge in [-0.2, -0.15) is 5.26 Å². The number of carbonyl (C=O) groups is 1. The molecule has 1 amide bonds. The molecule has 1 atom stereocenters. The van der Waals surface area contributed by atoms with Crippen LogP contribution in [0.15, 0.2) is 36.9 Å². The summed E-state index contributed by atoms with van der Waals surface area (Å²) in [7, 11) is 0. The predicted molar refractivity (Wildman–Crippen MR) is 102 cm³/mol. The van der Waals surface area contributed by atoms with Crippen LogP contribution < -0.4 is 4.74 Å². The van der Waals surface area contributed by atoms with Crippen LogP contribution in [0.1, 0.15) is 33.9 Å². The third-order valence-corrected chi connectivity index (χ3v) is 5.68. The molecule has 8 nitrogen and oxygen atoms in total. The van der Waals surface area contributed by atoms with E-state index >= 15 is 0 Å². The zero-order valence-corrected chi connectivity index (χ0v) is 16.1. The molecule has 3 aromatic heterocycles. The molecule has 0 saturated carbocycles. The summed E-state index contributed by atoms with van der Waals surface area (Å²) in [6.45, 7) is 2.96. The molecule has 4 rings (SSSR count). The summed E-state index contributed by atoms with van der Waals surface area (Å²) in [5.74, 6) is 0.175. The Hall–Kier alpha value is -3.25. The molecule has 28 heavy (non-hydrogen) atoms. The highest BCUT2D eigenvalue weighted by Crippen LogP contribution is 2.26. The fraction of sp³-hybridized carbons (Fsp3) is 0.316. The maximum Gasteiger partial charge on any atom is 0.266 e. The van der Waals surface area contributed by atoms with Crippen molar-refractivity contribution in [1.29, 1.82) is 5.26 Å². The lowest BCUT2D eigenvalue weighted by Gasteiger charge is -2.32. The first-order valence-corrected chi connectivity index (χ1v) is 9.75. The first kappa shape index (κ1) is 18.1. The van der Waals surface area contributed by atoms with E-state index in [0.717, 1.165) is 23.7 Å². The maximum atomic E-state index is 13.1. The molecule has 1 aliphatic rings. The summed E-state index contributed by atoms with van der Waals surface area (Å²) < 4.78 is 7.78. The number of nitriles is 1. The van der Waals surface area contributed by atoms with Crippen molar-refractivity contribution in [1.82, 2.24) is 24.4 Å². The highest BCUT2D eigenvalue weighted by molar-refractivity contribution is 7.16. The normalized spacial score (nSPS) is 16.6. The van der Waals surface area contributed by atoms with Gasteiger partial charge in [0.15, 0.2) is 5.13 Å². The van der Waals surface area contributed by atoms with Gasteiger partial charge in [-0.1, -0.05) is 11.3 Å². The Kier molecular flexibility index (Phi) is 5.04. The van der Waals surface area contributed by atoms with Crippen LogP contribution in [0.3, 0.4) is 0 Å². The van der Waals surface area contributed by atoms with Crippen molar-refractivity contribution in [3.8, 4) is 17.1 Å². The van der Waals surface area contributed by atoms with Crippen LogP contribution in [-0.4, -0.2) is 49.5 Å². The minimum atomic E-state index is -0.223. The summed E-state index contributed by atoms with van der Waals surface area (Å²) in [5, 5.41) is 9.92. The molecule has 1 saturated heterocycles. The van der Waals surface area contributed by atoms with Crippen molar-refractivity contribution in [2.75, 3.05) is 13.1 Å². The molecule has 0 spiro atoms. The highest BCUT2D eigenvalue weighted by atomic mass is 32.1. The molecule has 4 heterocycles. The van der Waals surface area contributed by atoms with Crippen LogP contribution in [0.2, 0.25) is 0 Å². The predicted octanol–water partition coefficient (Wildman–Crippen LogP) is 2.59. The molecular formula is C19H18N6O2S. The summed E-state index contributed by atoms with van der Waals surface area (Å²) in [5.41, 5.74) is 0.878. The Labute approximate surface area is 166 Å². The van der Waals surface area contributed by atoms with E-state index in [9.17, 15) is 4.79 Å². The van der Waals surface area contributed by atoms with Gasteiger partial charge in [-0.15, -0.1) is 0 Å². The summed E-state index contributed by atoms with van der Waals surface area (Å²) in [6, 6.07) is 5.83. The highest BCUT2D eigenvalue weighted by Gasteiger charge is 2.29. The van der Waals surface area contributed by atoms with Gasteiger partial charge in [0, 0.05) is 31.3 Å². The topological polar surface area (TPSA) is 96.9 Å². The second-order valence-corrected chi connectivity index (χ2v) is 7.43. The van der Waals surface area contributed by atoms with E-state index < -0.39 is 0 Å². The third kappa shape index (κ3) is 3.59. The standard InChI is InChI=1S/C19H18N6O2S/c1-13-16(28-19(23-13)24-8-2-3-9-24)18(26)25-10-4-5-14(12-25)27-17-15(11-20)21-6-7-22-17/h2-3,6-9,14H,4-5,10,12H2,1H3. The molecule has 0 N–H and O–H groups in total. The first-order chi connectivity index (χ1) is 13.7. The molecule has 0 aliphatic carbocycles. The minimum Gasteiger partial charge on any atom is -0.470 e. The molecule has 1 aliphatic heterocycles. The van der Waals surface area contributed by atoms with E-state index in [1.807, 2.05) is 42.1 Å². The van der Waals surface area contributed by atoms with Gasteiger partial charge in [0.1, 0.15) is 17.1 Å². The average Bonchev–Trinajstić information content (AvgIpc) is 3.38. The Balaban J connectivity index is 1.49. The Bertz CT molecular complexity index is 1020. The maximum absolute atomic E-state index is 13.1. The zero-order valence-electron chi connectivity index (χ0n) is 15.3. The number of nitrogens with zero attached hydrogens (tertiary/aromatic N) is 6. The number of aromatic nitrogens is 4. The van der Waals surface area contributed by atoms with E-state index in [1.54, 1.807) is 4.90 Å². The number of hydrogen-bond donors (Lipinski definition) is 0. The van der Waals surface area contributed by atoms with Crippen molar-refractivity contribution in [3.63, 3.8) is 0 Å². The molecule has 1 unspecified atom stereocenters. The molecule has 9 heteroatoms. The fourth-order valence-electron chi connectivity index (χ4n) is 3.16. The molecule has 0 bridgehead atoms. The molecular weight excluding hydrogens is 376 g/mol. The lowest BCUT2D eigenvalue weighted by atomic mass is 10.1. The molecule has 3 aromatic rings. The van der Waals surface area contributed by atoms with Crippen molar-refractivity contribution < 1.29 is 9.53 Å². The van der Waals surface area contributed by atoms with Crippen LogP contribution in [0, 0.1) is 18.3 Å². The minimum absolute atomic E-state index is 0.0404. The fourth-order valence-corrected chi connectivity index (χ4v) is 4.16. The monoisotopic (exact) mass is 394 g/mol. The number of carbonyl (C=O) groups excluding carboxylic acids is 1. The zero-order chi connectivity index (χ0) is 19.5. The largest absolute Gasteiger partial charge is 0.470 e. The van der Waals surface area contributed by atoms with E-state index in [0.29, 0.717) is 18.0 Å². The first-order valence-electron chi connectivity index (χ1n) is 8.93. The van der Waals surface area contributed by atoms with Gasteiger partial charge in [-0.25, -0.2) is 15.0 Å². The lowest BCUT2D eigenvalue weighted by Crippen LogP contribution is -2.44. The van der Waals surface area contributed by atoms with Crippen LogP contribution in [0.25, 0.3) is 5.13 Å². The Morgan fingerprint density at radius 1 is 1.32 bits per heavy atom. The van der Waals surface area contributed by atoms with Crippen LogP contribution in [-0.2, 0) is 0 Å². The van der Waals surface area contributed by atoms with Crippen molar-refractivity contribution in [2.45, 2.75) is 25.9 Å². The summed E-state index contributed by atoms with van der Waals surface area (Å²) in [6.07, 6.45) is 8.15. The number of thiazole rings is 1. The number of hydrogen-bond acceptors (Lipinski definition) is 7. The van der Waals surface area contributed by atoms with Gasteiger partial charge >= 0.3 is 0 Å². The molecule has 1 fully saturated rings. The van der Waals surface area contributed by atoms with E-state index in [4.69, 9.17) is 10.00 Å². The number of amides is 1. The molecule has 142 valence electrons. The van der Waals surface area contributed by atoms with E-state index in [-0.39, 0.29) is 23.6 Å². The lowest BCUT2D eigenvalue weighted by molar-refractivity contribution is 0.0529. The number of piperidine rings is 1. The molecule has 0 radical (unpaired) electrons. The summed E-state index contributed by atoms with van der Waals surface area (Å²) in [4.78, 5) is 28.1.